The molecule has 1 fully saturated rings. The van der Waals surface area contributed by atoms with Crippen molar-refractivity contribution in [1.82, 2.24) is 0 Å². The lowest BCUT2D eigenvalue weighted by molar-refractivity contribution is -0.157. The van der Waals surface area contributed by atoms with Gasteiger partial charge in [-0.25, -0.2) is 9.59 Å². The molecule has 1 heterocycles. The summed E-state index contributed by atoms with van der Waals surface area (Å²) in [6, 6.07) is 7.88. The van der Waals surface area contributed by atoms with Crippen molar-refractivity contribution in [3.8, 4) is 16.2 Å². The Balaban J connectivity index is 1.95. The number of halogens is 1. The second kappa shape index (κ2) is 11.6. The summed E-state index contributed by atoms with van der Waals surface area (Å²) in [5.41, 5.74) is 0.987. The van der Waals surface area contributed by atoms with Crippen LogP contribution in [-0.4, -0.2) is 43.2 Å². The molecule has 0 aliphatic heterocycles. The van der Waals surface area contributed by atoms with Gasteiger partial charge in [0.15, 0.2) is 17.2 Å². The molecule has 0 spiro atoms. The van der Waals surface area contributed by atoms with Crippen LogP contribution in [0.5, 0.6) is 5.75 Å². The van der Waals surface area contributed by atoms with Crippen molar-refractivity contribution in [3.05, 3.63) is 33.6 Å². The van der Waals surface area contributed by atoms with E-state index in [0.717, 1.165) is 41.8 Å². The van der Waals surface area contributed by atoms with Gasteiger partial charge in [0.2, 0.25) is 5.91 Å². The molecule has 1 aromatic carbocycles. The van der Waals surface area contributed by atoms with Gasteiger partial charge in [-0.05, 0) is 67.2 Å². The average molecular weight is 567 g/mol. The quantitative estimate of drug-likeness (QED) is 0.363. The SMILES string of the molecule is COC(=O)c1sc(-c2cccc(N(C(C)=O)C3CCCCC3)c2)c(Br)c1OCC(=O)OC(C)(C)C. The number of thiophene rings is 1. The maximum atomic E-state index is 12.6. The lowest BCUT2D eigenvalue weighted by atomic mass is 9.93. The summed E-state index contributed by atoms with van der Waals surface area (Å²) in [4.78, 5) is 40.1. The lowest BCUT2D eigenvalue weighted by Crippen LogP contribution is -2.40. The molecule has 1 aliphatic rings. The Morgan fingerprint density at radius 2 is 1.83 bits per heavy atom. The maximum absolute atomic E-state index is 12.6. The van der Waals surface area contributed by atoms with Crippen molar-refractivity contribution in [3.63, 3.8) is 0 Å². The van der Waals surface area contributed by atoms with Crippen LogP contribution in [0.1, 0.15) is 69.5 Å². The minimum absolute atomic E-state index is 0.0101. The van der Waals surface area contributed by atoms with E-state index in [4.69, 9.17) is 14.2 Å². The number of hydrogen-bond donors (Lipinski definition) is 0. The van der Waals surface area contributed by atoms with Crippen LogP contribution in [0.3, 0.4) is 0 Å². The molecule has 0 unspecified atom stereocenters. The molecule has 190 valence electrons. The molecule has 2 aromatic rings. The molecule has 3 rings (SSSR count). The predicted octanol–water partition coefficient (Wildman–Crippen LogP) is 6.37. The number of nitrogens with zero attached hydrogens (tertiary/aromatic N) is 1. The first kappa shape index (κ1) is 27.2. The normalized spacial score (nSPS) is 14.3. The van der Waals surface area contributed by atoms with Crippen LogP contribution in [0.4, 0.5) is 5.69 Å². The van der Waals surface area contributed by atoms with Crippen LogP contribution in [-0.2, 0) is 19.1 Å². The van der Waals surface area contributed by atoms with Gasteiger partial charge in [0.1, 0.15) is 5.60 Å². The van der Waals surface area contributed by atoms with Gasteiger partial charge in [-0.2, -0.15) is 0 Å². The van der Waals surface area contributed by atoms with Crippen LogP contribution in [0.2, 0.25) is 0 Å². The zero-order valence-corrected chi connectivity index (χ0v) is 23.2. The lowest BCUT2D eigenvalue weighted by Gasteiger charge is -2.34. The minimum Gasteiger partial charge on any atom is -0.479 e. The number of carbonyl (C=O) groups excluding carboxylic acids is 3. The summed E-state index contributed by atoms with van der Waals surface area (Å²) in [7, 11) is 1.29. The Morgan fingerprint density at radius 1 is 1.14 bits per heavy atom. The maximum Gasteiger partial charge on any atom is 0.351 e. The van der Waals surface area contributed by atoms with Gasteiger partial charge in [-0.1, -0.05) is 31.4 Å². The van der Waals surface area contributed by atoms with Gasteiger partial charge >= 0.3 is 11.9 Å². The van der Waals surface area contributed by atoms with E-state index in [2.05, 4.69) is 15.9 Å². The van der Waals surface area contributed by atoms with Crippen molar-refractivity contribution in [2.24, 2.45) is 0 Å². The van der Waals surface area contributed by atoms with Crippen molar-refractivity contribution in [2.75, 3.05) is 18.6 Å². The fraction of sp³-hybridized carbons (Fsp3) is 0.500. The molecule has 1 aliphatic carbocycles. The number of rotatable bonds is 7. The molecule has 7 nitrogen and oxygen atoms in total. The number of anilines is 1. The number of carbonyl (C=O) groups is 3. The molecule has 0 saturated heterocycles. The molecular formula is C26H32BrNO6S. The second-order valence-corrected chi connectivity index (χ2v) is 11.3. The average Bonchev–Trinajstić information content (AvgIpc) is 3.13. The molecule has 0 atom stereocenters. The Labute approximate surface area is 218 Å². The van der Waals surface area contributed by atoms with Crippen LogP contribution >= 0.6 is 27.3 Å². The number of amides is 1. The third-order valence-electron chi connectivity index (χ3n) is 5.60. The molecule has 0 radical (unpaired) electrons. The van der Waals surface area contributed by atoms with Gasteiger partial charge in [0, 0.05) is 18.7 Å². The highest BCUT2D eigenvalue weighted by Gasteiger charge is 2.28. The topological polar surface area (TPSA) is 82.1 Å². The fourth-order valence-electron chi connectivity index (χ4n) is 4.23. The van der Waals surface area contributed by atoms with Crippen molar-refractivity contribution in [1.29, 1.82) is 0 Å². The van der Waals surface area contributed by atoms with Gasteiger partial charge < -0.3 is 19.1 Å². The van der Waals surface area contributed by atoms with E-state index in [0.29, 0.717) is 4.47 Å². The highest BCUT2D eigenvalue weighted by molar-refractivity contribution is 9.10. The second-order valence-electron chi connectivity index (χ2n) is 9.50. The summed E-state index contributed by atoms with van der Waals surface area (Å²) >= 11 is 4.76. The molecule has 1 amide bonds. The summed E-state index contributed by atoms with van der Waals surface area (Å²) in [6.45, 7) is 6.56. The highest BCUT2D eigenvalue weighted by atomic mass is 79.9. The van der Waals surface area contributed by atoms with Crippen molar-refractivity contribution < 1.29 is 28.6 Å². The number of benzene rings is 1. The Hall–Kier alpha value is -2.39. The molecule has 1 aromatic heterocycles. The van der Waals surface area contributed by atoms with Crippen LogP contribution < -0.4 is 9.64 Å². The fourth-order valence-corrected chi connectivity index (χ4v) is 6.19. The standard InChI is InChI=1S/C26H32BrNO6S/c1-16(29)28(18-11-7-6-8-12-18)19-13-9-10-17(14-19)23-21(27)22(24(35-23)25(31)32-5)33-15-20(30)34-26(2,3)4/h9-10,13-14,18H,6-8,11-12,15H2,1-5H3. The third-order valence-corrected chi connectivity index (χ3v) is 7.82. The van der Waals surface area contributed by atoms with E-state index < -0.39 is 17.5 Å². The monoisotopic (exact) mass is 565 g/mol. The molecular weight excluding hydrogens is 534 g/mol. The summed E-state index contributed by atoms with van der Waals surface area (Å²) < 4.78 is 16.5. The Bertz CT molecular complexity index is 1080. The van der Waals surface area contributed by atoms with Gasteiger partial charge in [-0.3, -0.25) is 4.79 Å². The first-order valence-electron chi connectivity index (χ1n) is 11.7. The predicted molar refractivity (Wildman–Crippen MR) is 140 cm³/mol. The van der Waals surface area contributed by atoms with Crippen molar-refractivity contribution >= 4 is 50.8 Å². The Morgan fingerprint density at radius 3 is 2.43 bits per heavy atom. The van der Waals surface area contributed by atoms with Crippen LogP contribution in [0.25, 0.3) is 10.4 Å². The van der Waals surface area contributed by atoms with E-state index in [1.54, 1.807) is 27.7 Å². The molecule has 1 saturated carbocycles. The smallest absolute Gasteiger partial charge is 0.351 e. The first-order valence-corrected chi connectivity index (χ1v) is 13.3. The number of ether oxygens (including phenoxy) is 3. The summed E-state index contributed by atoms with van der Waals surface area (Å²) in [6.07, 6.45) is 5.41. The number of hydrogen-bond acceptors (Lipinski definition) is 7. The first-order chi connectivity index (χ1) is 16.5. The van der Waals surface area contributed by atoms with Crippen LogP contribution in [0, 0.1) is 0 Å². The molecule has 0 bridgehead atoms. The largest absolute Gasteiger partial charge is 0.479 e. The third kappa shape index (κ3) is 6.85. The van der Waals surface area contributed by atoms with E-state index >= 15 is 0 Å². The van der Waals surface area contributed by atoms with E-state index in [9.17, 15) is 14.4 Å². The number of esters is 2. The molecule has 35 heavy (non-hydrogen) atoms. The highest BCUT2D eigenvalue weighted by Crippen LogP contribution is 2.46. The van der Waals surface area contributed by atoms with E-state index in [1.807, 2.05) is 29.2 Å². The zero-order chi connectivity index (χ0) is 25.8. The van der Waals surface area contributed by atoms with Crippen LogP contribution in [0.15, 0.2) is 28.7 Å². The molecule has 0 N–H and O–H groups in total. The minimum atomic E-state index is -0.649. The van der Waals surface area contributed by atoms with E-state index in [1.165, 1.54) is 24.9 Å². The number of methoxy groups -OCH3 is 1. The van der Waals surface area contributed by atoms with Gasteiger partial charge in [0.25, 0.3) is 0 Å². The Kier molecular flexibility index (Phi) is 8.99. The van der Waals surface area contributed by atoms with E-state index in [-0.39, 0.29) is 29.2 Å². The summed E-state index contributed by atoms with van der Waals surface area (Å²) in [5, 5.41) is 0. The zero-order valence-electron chi connectivity index (χ0n) is 20.8. The van der Waals surface area contributed by atoms with Gasteiger partial charge in [-0.15, -0.1) is 11.3 Å². The van der Waals surface area contributed by atoms with Crippen molar-refractivity contribution in [2.45, 2.75) is 71.4 Å². The summed E-state index contributed by atoms with van der Waals surface area (Å²) in [5.74, 6) is -0.871. The molecule has 9 heteroatoms. The van der Waals surface area contributed by atoms with Gasteiger partial charge in [0.05, 0.1) is 16.5 Å².